The summed E-state index contributed by atoms with van der Waals surface area (Å²) in [5.41, 5.74) is 4.76. The quantitative estimate of drug-likeness (QED) is 0.722. The van der Waals surface area contributed by atoms with Gasteiger partial charge in [-0.15, -0.1) is 0 Å². The molecule has 2 heterocycles. The minimum absolute atomic E-state index is 0.0840. The molecule has 0 bridgehead atoms. The molecule has 0 spiro atoms. The van der Waals surface area contributed by atoms with E-state index in [1.54, 1.807) is 23.2 Å². The minimum Gasteiger partial charge on any atom is -0.360 e. The maximum Gasteiger partial charge on any atom is 0.262 e. The van der Waals surface area contributed by atoms with Gasteiger partial charge in [0.05, 0.1) is 11.3 Å². The fourth-order valence-corrected chi connectivity index (χ4v) is 3.30. The van der Waals surface area contributed by atoms with E-state index < -0.39 is 6.17 Å². The van der Waals surface area contributed by atoms with Gasteiger partial charge in [-0.3, -0.25) is 19.5 Å². The van der Waals surface area contributed by atoms with Crippen molar-refractivity contribution in [3.8, 4) is 0 Å². The lowest BCUT2D eigenvalue weighted by Gasteiger charge is -2.26. The normalized spacial score (nSPS) is 15.3. The van der Waals surface area contributed by atoms with Crippen LogP contribution in [0.2, 0.25) is 0 Å². The highest BCUT2D eigenvalue weighted by Crippen LogP contribution is 2.37. The Morgan fingerprint density at radius 2 is 1.68 bits per heavy atom. The highest BCUT2D eigenvalue weighted by Gasteiger charge is 2.38. The second kappa shape index (κ2) is 7.15. The number of benzene rings is 2. The van der Waals surface area contributed by atoms with Crippen LogP contribution >= 0.6 is 0 Å². The fourth-order valence-electron chi connectivity index (χ4n) is 3.30. The Kier molecular flexibility index (Phi) is 4.53. The van der Waals surface area contributed by atoms with E-state index in [0.717, 1.165) is 22.6 Å². The van der Waals surface area contributed by atoms with Crippen molar-refractivity contribution >= 4 is 28.9 Å². The van der Waals surface area contributed by atoms with E-state index in [2.05, 4.69) is 15.6 Å². The number of aryl methyl sites for hydroxylation is 1. The maximum atomic E-state index is 13.1. The first-order valence-corrected chi connectivity index (χ1v) is 9.02. The Balaban J connectivity index is 1.68. The molecule has 140 valence electrons. The van der Waals surface area contributed by atoms with Crippen LogP contribution in [0.1, 0.15) is 34.7 Å². The number of anilines is 3. The van der Waals surface area contributed by atoms with Gasteiger partial charge in [0.2, 0.25) is 5.91 Å². The molecular weight excluding hydrogens is 352 g/mol. The number of fused-ring (bicyclic) bond motifs is 1. The zero-order chi connectivity index (χ0) is 19.7. The first-order valence-electron chi connectivity index (χ1n) is 9.02. The smallest absolute Gasteiger partial charge is 0.262 e. The molecule has 3 aromatic rings. The predicted octanol–water partition coefficient (Wildman–Crippen LogP) is 4.12. The van der Waals surface area contributed by atoms with Crippen LogP contribution in [0.3, 0.4) is 0 Å². The van der Waals surface area contributed by atoms with Crippen LogP contribution in [0.4, 0.5) is 17.1 Å². The van der Waals surface area contributed by atoms with Crippen LogP contribution in [0.25, 0.3) is 0 Å². The number of carbonyl (C=O) groups excluding carboxylic acids is 2. The van der Waals surface area contributed by atoms with Crippen molar-refractivity contribution in [1.82, 2.24) is 4.98 Å². The number of hydrogen-bond acceptors (Lipinski definition) is 4. The summed E-state index contributed by atoms with van der Waals surface area (Å²) in [6.45, 7) is 3.48. The molecule has 2 N–H and O–H groups in total. The number of nitrogens with zero attached hydrogens (tertiary/aromatic N) is 2. The first-order chi connectivity index (χ1) is 13.5. The van der Waals surface area contributed by atoms with Crippen LogP contribution < -0.4 is 15.5 Å². The Labute approximate surface area is 163 Å². The lowest BCUT2D eigenvalue weighted by molar-refractivity contribution is -0.114. The highest BCUT2D eigenvalue weighted by atomic mass is 16.2. The van der Waals surface area contributed by atoms with Gasteiger partial charge in [0.15, 0.2) is 6.17 Å². The predicted molar refractivity (Wildman–Crippen MR) is 109 cm³/mol. The van der Waals surface area contributed by atoms with Gasteiger partial charge in [-0.1, -0.05) is 17.7 Å². The standard InChI is InChI=1S/C22H20N4O2/c1-14-5-11-18(12-6-14)26-21(20-19(22(26)28)4-3-13-23-20)25-17-9-7-16(8-10-17)24-15(2)27/h3-13,21,25H,1-2H3,(H,24,27)/t21-/m1/s1. The lowest BCUT2D eigenvalue weighted by atomic mass is 10.2. The number of amides is 2. The Morgan fingerprint density at radius 3 is 2.36 bits per heavy atom. The van der Waals surface area contributed by atoms with Crippen molar-refractivity contribution < 1.29 is 9.59 Å². The summed E-state index contributed by atoms with van der Waals surface area (Å²) >= 11 is 0. The number of nitrogens with one attached hydrogen (secondary N) is 2. The average Bonchev–Trinajstić information content (AvgIpc) is 2.96. The molecule has 1 aliphatic heterocycles. The molecule has 0 saturated heterocycles. The van der Waals surface area contributed by atoms with E-state index >= 15 is 0 Å². The summed E-state index contributed by atoms with van der Waals surface area (Å²) < 4.78 is 0. The Bertz CT molecular complexity index is 1030. The van der Waals surface area contributed by atoms with Gasteiger partial charge >= 0.3 is 0 Å². The van der Waals surface area contributed by atoms with E-state index in [9.17, 15) is 9.59 Å². The zero-order valence-corrected chi connectivity index (χ0v) is 15.6. The van der Waals surface area contributed by atoms with Crippen molar-refractivity contribution in [2.75, 3.05) is 15.5 Å². The lowest BCUT2D eigenvalue weighted by Crippen LogP contribution is -2.32. The summed E-state index contributed by atoms with van der Waals surface area (Å²) in [6.07, 6.45) is 1.28. The third-order valence-electron chi connectivity index (χ3n) is 4.63. The van der Waals surface area contributed by atoms with E-state index in [4.69, 9.17) is 0 Å². The molecule has 0 unspecified atom stereocenters. The Morgan fingerprint density at radius 1 is 1.00 bits per heavy atom. The van der Waals surface area contributed by atoms with Crippen LogP contribution in [-0.4, -0.2) is 16.8 Å². The molecule has 0 radical (unpaired) electrons. The molecule has 0 aliphatic carbocycles. The van der Waals surface area contributed by atoms with Crippen molar-refractivity contribution in [3.63, 3.8) is 0 Å². The topological polar surface area (TPSA) is 74.3 Å². The number of hydrogen-bond donors (Lipinski definition) is 2. The largest absolute Gasteiger partial charge is 0.360 e. The fraction of sp³-hybridized carbons (Fsp3) is 0.136. The third-order valence-corrected chi connectivity index (χ3v) is 4.63. The average molecular weight is 372 g/mol. The molecule has 0 saturated carbocycles. The van der Waals surface area contributed by atoms with Crippen molar-refractivity contribution in [1.29, 1.82) is 0 Å². The summed E-state index contributed by atoms with van der Waals surface area (Å²) in [6, 6.07) is 18.8. The minimum atomic E-state index is -0.418. The first kappa shape index (κ1) is 17.7. The van der Waals surface area contributed by atoms with Crippen LogP contribution in [-0.2, 0) is 4.79 Å². The van der Waals surface area contributed by atoms with Crippen LogP contribution in [0.15, 0.2) is 66.9 Å². The molecule has 28 heavy (non-hydrogen) atoms. The number of pyridine rings is 1. The van der Waals surface area contributed by atoms with E-state index in [-0.39, 0.29) is 11.8 Å². The maximum absolute atomic E-state index is 13.1. The Hall–Kier alpha value is -3.67. The van der Waals surface area contributed by atoms with E-state index in [1.807, 2.05) is 55.5 Å². The summed E-state index contributed by atoms with van der Waals surface area (Å²) in [4.78, 5) is 30.4. The van der Waals surface area contributed by atoms with Gasteiger partial charge in [-0.2, -0.15) is 0 Å². The molecule has 2 aromatic carbocycles. The molecular formula is C22H20N4O2. The van der Waals surface area contributed by atoms with Gasteiger partial charge in [0.25, 0.3) is 5.91 Å². The van der Waals surface area contributed by atoms with Crippen molar-refractivity contribution in [2.45, 2.75) is 20.0 Å². The molecule has 1 aliphatic rings. The molecule has 6 nitrogen and oxygen atoms in total. The molecule has 1 atom stereocenters. The highest BCUT2D eigenvalue weighted by molar-refractivity contribution is 6.11. The molecule has 0 fully saturated rings. The van der Waals surface area contributed by atoms with Gasteiger partial charge in [0, 0.05) is 30.2 Å². The van der Waals surface area contributed by atoms with Crippen LogP contribution in [0.5, 0.6) is 0 Å². The summed E-state index contributed by atoms with van der Waals surface area (Å²) in [5, 5.41) is 6.15. The number of rotatable bonds is 4. The van der Waals surface area contributed by atoms with Crippen molar-refractivity contribution in [2.24, 2.45) is 0 Å². The number of carbonyl (C=O) groups is 2. The van der Waals surface area contributed by atoms with Gasteiger partial charge < -0.3 is 10.6 Å². The molecule has 2 amide bonds. The summed E-state index contributed by atoms with van der Waals surface area (Å²) in [5.74, 6) is -0.204. The van der Waals surface area contributed by atoms with Gasteiger partial charge in [-0.25, -0.2) is 0 Å². The number of aromatic nitrogens is 1. The van der Waals surface area contributed by atoms with Crippen LogP contribution in [0, 0.1) is 6.92 Å². The second-order valence-electron chi connectivity index (χ2n) is 6.75. The third kappa shape index (κ3) is 3.32. The van der Waals surface area contributed by atoms with Gasteiger partial charge in [0.1, 0.15) is 0 Å². The zero-order valence-electron chi connectivity index (χ0n) is 15.6. The second-order valence-corrected chi connectivity index (χ2v) is 6.75. The molecule has 1 aromatic heterocycles. The van der Waals surface area contributed by atoms with E-state index in [0.29, 0.717) is 11.3 Å². The monoisotopic (exact) mass is 372 g/mol. The van der Waals surface area contributed by atoms with E-state index in [1.165, 1.54) is 6.92 Å². The SMILES string of the molecule is CC(=O)Nc1ccc(N[C@H]2c3ncccc3C(=O)N2c2ccc(C)cc2)cc1. The molecule has 6 heteroatoms. The molecule has 4 rings (SSSR count). The summed E-state index contributed by atoms with van der Waals surface area (Å²) in [7, 11) is 0. The van der Waals surface area contributed by atoms with Crippen molar-refractivity contribution in [3.05, 3.63) is 83.7 Å². The van der Waals surface area contributed by atoms with Gasteiger partial charge in [-0.05, 0) is 55.5 Å².